The van der Waals surface area contributed by atoms with Gasteiger partial charge in [-0.25, -0.2) is 0 Å². The summed E-state index contributed by atoms with van der Waals surface area (Å²) in [5, 5.41) is 0. The molecule has 6 heteroatoms. The maximum absolute atomic E-state index is 5.43. The molecule has 20 heavy (non-hydrogen) atoms. The topological polar surface area (TPSA) is 60.7 Å². The van der Waals surface area contributed by atoms with Crippen LogP contribution >= 0.6 is 0 Å². The number of hydrogen-bond donors (Lipinski definition) is 2. The number of piperazine rings is 1. The minimum atomic E-state index is 0.900. The highest BCUT2D eigenvalue weighted by atomic mass is 15.3. The van der Waals surface area contributed by atoms with Gasteiger partial charge in [0.2, 0.25) is 0 Å². The highest BCUT2D eigenvalue weighted by Gasteiger charge is 2.17. The Morgan fingerprint density at radius 3 is 2.60 bits per heavy atom. The van der Waals surface area contributed by atoms with Crippen LogP contribution in [0.5, 0.6) is 0 Å². The van der Waals surface area contributed by atoms with E-state index in [1.54, 1.807) is 6.20 Å². The molecule has 1 aliphatic rings. The number of nitrogens with one attached hydrogen (secondary N) is 1. The summed E-state index contributed by atoms with van der Waals surface area (Å²) in [6.07, 6.45) is 1.80. The van der Waals surface area contributed by atoms with Crippen molar-refractivity contribution in [2.24, 2.45) is 5.84 Å². The molecule has 1 aromatic heterocycles. The summed E-state index contributed by atoms with van der Waals surface area (Å²) < 4.78 is 0. The zero-order chi connectivity index (χ0) is 14.4. The van der Waals surface area contributed by atoms with Crippen molar-refractivity contribution in [3.05, 3.63) is 24.0 Å². The largest absolute Gasteiger partial charge is 0.324 e. The van der Waals surface area contributed by atoms with Gasteiger partial charge in [0.15, 0.2) is 0 Å². The summed E-state index contributed by atoms with van der Waals surface area (Å²) in [6, 6.07) is 3.89. The van der Waals surface area contributed by atoms with E-state index < -0.39 is 0 Å². The lowest BCUT2D eigenvalue weighted by Crippen LogP contribution is -2.47. The lowest BCUT2D eigenvalue weighted by Gasteiger charge is -2.35. The molecule has 1 aromatic rings. The molecular formula is C14H26N6. The minimum Gasteiger partial charge on any atom is -0.324 e. The van der Waals surface area contributed by atoms with Gasteiger partial charge < -0.3 is 10.3 Å². The van der Waals surface area contributed by atoms with E-state index >= 15 is 0 Å². The predicted octanol–water partition coefficient (Wildman–Crippen LogP) is 0.0464. The molecule has 3 N–H and O–H groups in total. The second-order valence-corrected chi connectivity index (χ2v) is 5.60. The van der Waals surface area contributed by atoms with Crippen LogP contribution in [0.4, 0.5) is 5.69 Å². The van der Waals surface area contributed by atoms with Gasteiger partial charge in [0.05, 0.1) is 11.4 Å². The highest BCUT2D eigenvalue weighted by molar-refractivity contribution is 5.41. The van der Waals surface area contributed by atoms with Gasteiger partial charge in [0, 0.05) is 52.0 Å². The fraction of sp³-hybridized carbons (Fsp3) is 0.643. The number of aromatic nitrogens is 1. The van der Waals surface area contributed by atoms with E-state index in [1.165, 1.54) is 0 Å². The van der Waals surface area contributed by atoms with E-state index in [0.717, 1.165) is 57.2 Å². The third kappa shape index (κ3) is 4.72. The van der Waals surface area contributed by atoms with Crippen molar-refractivity contribution in [3.8, 4) is 0 Å². The number of nitrogens with two attached hydrogens (primary N) is 1. The summed E-state index contributed by atoms with van der Waals surface area (Å²) in [4.78, 5) is 11.6. The molecule has 0 atom stereocenters. The molecule has 2 rings (SSSR count). The van der Waals surface area contributed by atoms with Crippen LogP contribution in [0.3, 0.4) is 0 Å². The molecule has 0 aliphatic carbocycles. The Kier molecular flexibility index (Phi) is 5.72. The van der Waals surface area contributed by atoms with E-state index in [2.05, 4.69) is 39.2 Å². The van der Waals surface area contributed by atoms with Gasteiger partial charge in [-0.1, -0.05) is 0 Å². The maximum atomic E-state index is 5.43. The van der Waals surface area contributed by atoms with Gasteiger partial charge in [-0.3, -0.25) is 20.6 Å². The number of anilines is 1. The van der Waals surface area contributed by atoms with Crippen LogP contribution in [0.2, 0.25) is 0 Å². The Morgan fingerprint density at radius 2 is 1.95 bits per heavy atom. The van der Waals surface area contributed by atoms with Gasteiger partial charge in [-0.05, 0) is 26.2 Å². The molecule has 0 spiro atoms. The number of nitrogens with zero attached hydrogens (tertiary/aromatic N) is 4. The first-order chi connectivity index (χ1) is 9.67. The molecule has 1 fully saturated rings. The van der Waals surface area contributed by atoms with Gasteiger partial charge in [0.25, 0.3) is 0 Å². The number of hydrogen-bond acceptors (Lipinski definition) is 6. The fourth-order valence-electron chi connectivity index (χ4n) is 2.40. The van der Waals surface area contributed by atoms with Crippen molar-refractivity contribution in [2.75, 3.05) is 58.8 Å². The van der Waals surface area contributed by atoms with Gasteiger partial charge in [-0.15, -0.1) is 0 Å². The van der Waals surface area contributed by atoms with Crippen LogP contribution in [0.25, 0.3) is 0 Å². The number of hydrazine groups is 1. The monoisotopic (exact) mass is 278 g/mol. The van der Waals surface area contributed by atoms with Crippen molar-refractivity contribution in [3.63, 3.8) is 0 Å². The maximum Gasteiger partial charge on any atom is 0.0564 e. The fourth-order valence-corrected chi connectivity index (χ4v) is 2.40. The zero-order valence-corrected chi connectivity index (χ0v) is 12.5. The van der Waals surface area contributed by atoms with Crippen LogP contribution in [0, 0.1) is 0 Å². The van der Waals surface area contributed by atoms with Crippen LogP contribution < -0.4 is 11.3 Å². The molecular weight excluding hydrogens is 252 g/mol. The minimum absolute atomic E-state index is 0.900. The first-order valence-electron chi connectivity index (χ1n) is 7.18. The third-order valence-electron chi connectivity index (χ3n) is 3.70. The third-order valence-corrected chi connectivity index (χ3v) is 3.70. The summed E-state index contributed by atoms with van der Waals surface area (Å²) in [6.45, 7) is 7.69. The molecule has 112 valence electrons. The smallest absolute Gasteiger partial charge is 0.0564 e. The molecule has 0 aromatic carbocycles. The number of rotatable bonds is 6. The average Bonchev–Trinajstić information content (AvgIpc) is 2.47. The standard InChI is InChI=1S/C14H26N6/c1-18(2)5-6-19-7-9-20(10-8-19)12-14-11-13(17-15)3-4-16-14/h3-4,11H,5-10,12,15H2,1-2H3,(H,16,17). The first-order valence-corrected chi connectivity index (χ1v) is 7.18. The molecule has 1 saturated heterocycles. The molecule has 0 radical (unpaired) electrons. The van der Waals surface area contributed by atoms with Crippen molar-refractivity contribution < 1.29 is 0 Å². The summed E-state index contributed by atoms with van der Waals surface area (Å²) >= 11 is 0. The molecule has 6 nitrogen and oxygen atoms in total. The van der Waals surface area contributed by atoms with Crippen molar-refractivity contribution in [1.29, 1.82) is 0 Å². The predicted molar refractivity (Wildman–Crippen MR) is 82.3 cm³/mol. The zero-order valence-electron chi connectivity index (χ0n) is 12.5. The van der Waals surface area contributed by atoms with Crippen LogP contribution in [0.15, 0.2) is 18.3 Å². The second-order valence-electron chi connectivity index (χ2n) is 5.60. The molecule has 1 aliphatic heterocycles. The average molecular weight is 278 g/mol. The van der Waals surface area contributed by atoms with Crippen molar-refractivity contribution in [2.45, 2.75) is 6.54 Å². The Balaban J connectivity index is 1.76. The summed E-state index contributed by atoms with van der Waals surface area (Å²) in [5.74, 6) is 5.43. The molecule has 0 bridgehead atoms. The van der Waals surface area contributed by atoms with Crippen molar-refractivity contribution in [1.82, 2.24) is 19.7 Å². The van der Waals surface area contributed by atoms with Gasteiger partial charge >= 0.3 is 0 Å². The van der Waals surface area contributed by atoms with Gasteiger partial charge in [-0.2, -0.15) is 0 Å². The van der Waals surface area contributed by atoms with Crippen LogP contribution in [-0.2, 0) is 6.54 Å². The van der Waals surface area contributed by atoms with Crippen LogP contribution in [0.1, 0.15) is 5.69 Å². The summed E-state index contributed by atoms with van der Waals surface area (Å²) in [5.41, 5.74) is 4.66. The van der Waals surface area contributed by atoms with E-state index in [-0.39, 0.29) is 0 Å². The molecule has 0 unspecified atom stereocenters. The van der Waals surface area contributed by atoms with Gasteiger partial charge in [0.1, 0.15) is 0 Å². The molecule has 0 amide bonds. The summed E-state index contributed by atoms with van der Waals surface area (Å²) in [7, 11) is 4.25. The lowest BCUT2D eigenvalue weighted by atomic mass is 10.2. The van der Waals surface area contributed by atoms with E-state index in [4.69, 9.17) is 5.84 Å². The van der Waals surface area contributed by atoms with E-state index in [9.17, 15) is 0 Å². The molecule has 2 heterocycles. The van der Waals surface area contributed by atoms with E-state index in [0.29, 0.717) is 0 Å². The normalized spacial score (nSPS) is 17.6. The number of pyridine rings is 1. The first kappa shape index (κ1) is 15.2. The highest BCUT2D eigenvalue weighted by Crippen LogP contribution is 2.10. The SMILES string of the molecule is CN(C)CCN1CCN(Cc2cc(NN)ccn2)CC1. The van der Waals surface area contributed by atoms with Crippen LogP contribution in [-0.4, -0.2) is 73.0 Å². The Bertz CT molecular complexity index is 400. The number of nitrogen functional groups attached to an aromatic ring is 1. The Hall–Kier alpha value is -1.21. The van der Waals surface area contributed by atoms with E-state index in [1.807, 2.05) is 12.1 Å². The Morgan fingerprint density at radius 1 is 1.25 bits per heavy atom. The Labute approximate surface area is 121 Å². The quantitative estimate of drug-likeness (QED) is 0.566. The van der Waals surface area contributed by atoms with Crippen molar-refractivity contribution >= 4 is 5.69 Å². The molecule has 0 saturated carbocycles. The second kappa shape index (κ2) is 7.54. The number of likely N-dealkylation sites (N-methyl/N-ethyl adjacent to an activating group) is 1. The lowest BCUT2D eigenvalue weighted by molar-refractivity contribution is 0.119.